The lowest BCUT2D eigenvalue weighted by Gasteiger charge is -2.19. The first-order valence-electron chi connectivity index (χ1n) is 4.37. The van der Waals surface area contributed by atoms with Crippen LogP contribution in [0.5, 0.6) is 0 Å². The molecule has 0 aliphatic carbocycles. The molecule has 1 aromatic heterocycles. The summed E-state index contributed by atoms with van der Waals surface area (Å²) < 4.78 is 4.93. The maximum atomic E-state index is 4.93. The molecule has 1 saturated heterocycles. The van der Waals surface area contributed by atoms with E-state index in [-0.39, 0.29) is 24.8 Å². The van der Waals surface area contributed by atoms with E-state index in [1.807, 2.05) is 6.92 Å². The van der Waals surface area contributed by atoms with E-state index in [9.17, 15) is 0 Å². The summed E-state index contributed by atoms with van der Waals surface area (Å²) in [6, 6.07) is 0. The molecule has 0 bridgehead atoms. The highest BCUT2D eigenvalue weighted by molar-refractivity contribution is 5.85. The van der Waals surface area contributed by atoms with Gasteiger partial charge in [-0.05, 0) is 19.4 Å². The number of hydrogen-bond donors (Lipinski definition) is 1. The summed E-state index contributed by atoms with van der Waals surface area (Å²) in [5, 5.41) is 7.23. The van der Waals surface area contributed by atoms with Gasteiger partial charge >= 0.3 is 0 Å². The molecule has 1 fully saturated rings. The van der Waals surface area contributed by atoms with Crippen molar-refractivity contribution in [1.82, 2.24) is 15.5 Å². The summed E-state index contributed by atoms with van der Waals surface area (Å²) in [4.78, 5) is 4.22. The molecule has 2 heterocycles. The van der Waals surface area contributed by atoms with Crippen LogP contribution in [0.2, 0.25) is 0 Å². The second kappa shape index (κ2) is 6.22. The second-order valence-electron chi connectivity index (χ2n) is 3.21. The van der Waals surface area contributed by atoms with Gasteiger partial charge in [-0.1, -0.05) is 5.16 Å². The van der Waals surface area contributed by atoms with Gasteiger partial charge in [0.2, 0.25) is 5.89 Å². The number of rotatable bonds is 1. The van der Waals surface area contributed by atoms with Crippen LogP contribution >= 0.6 is 24.8 Å². The number of halogens is 2. The van der Waals surface area contributed by atoms with Gasteiger partial charge in [-0.2, -0.15) is 4.98 Å². The molecule has 1 N–H and O–H groups in total. The molecule has 1 unspecified atom stereocenters. The van der Waals surface area contributed by atoms with Crippen molar-refractivity contribution in [1.29, 1.82) is 0 Å². The zero-order valence-electron chi connectivity index (χ0n) is 8.02. The van der Waals surface area contributed by atoms with Gasteiger partial charge in [-0.15, -0.1) is 24.8 Å². The van der Waals surface area contributed by atoms with E-state index in [1.54, 1.807) is 0 Å². The molecule has 0 spiro atoms. The molecule has 14 heavy (non-hydrogen) atoms. The summed E-state index contributed by atoms with van der Waals surface area (Å²) >= 11 is 0. The van der Waals surface area contributed by atoms with Crippen molar-refractivity contribution in [3.63, 3.8) is 0 Å². The van der Waals surface area contributed by atoms with Crippen LogP contribution in [0.15, 0.2) is 4.52 Å². The normalized spacial score (nSPS) is 20.8. The third kappa shape index (κ3) is 3.12. The summed E-state index contributed by atoms with van der Waals surface area (Å²) in [7, 11) is 0. The first-order chi connectivity index (χ1) is 5.86. The van der Waals surface area contributed by atoms with Gasteiger partial charge in [0.1, 0.15) is 0 Å². The molecule has 0 aromatic carbocycles. The van der Waals surface area contributed by atoms with Gasteiger partial charge in [0.25, 0.3) is 0 Å². The smallest absolute Gasteiger partial charge is 0.223 e. The maximum Gasteiger partial charge on any atom is 0.223 e. The van der Waals surface area contributed by atoms with E-state index in [0.29, 0.717) is 11.8 Å². The van der Waals surface area contributed by atoms with E-state index < -0.39 is 0 Å². The first kappa shape index (κ1) is 13.7. The van der Waals surface area contributed by atoms with Gasteiger partial charge in [-0.3, -0.25) is 0 Å². The Morgan fingerprint density at radius 1 is 1.43 bits per heavy atom. The Kier molecular flexibility index (Phi) is 6.08. The van der Waals surface area contributed by atoms with Crippen LogP contribution in [-0.4, -0.2) is 23.2 Å². The molecule has 4 nitrogen and oxygen atoms in total. The summed E-state index contributed by atoms with van der Waals surface area (Å²) in [6.45, 7) is 3.93. The summed E-state index contributed by atoms with van der Waals surface area (Å²) in [5.74, 6) is 1.98. The Balaban J connectivity index is 0.000000845. The number of nitrogens with zero attached hydrogens (tertiary/aromatic N) is 2. The Morgan fingerprint density at radius 2 is 2.21 bits per heavy atom. The highest BCUT2D eigenvalue weighted by Gasteiger charge is 2.19. The van der Waals surface area contributed by atoms with Crippen molar-refractivity contribution in [2.24, 2.45) is 0 Å². The minimum Gasteiger partial charge on any atom is -0.340 e. The summed E-state index contributed by atoms with van der Waals surface area (Å²) in [6.07, 6.45) is 2.38. The Hall–Kier alpha value is -0.320. The zero-order chi connectivity index (χ0) is 8.39. The molecule has 6 heteroatoms. The second-order valence-corrected chi connectivity index (χ2v) is 3.21. The average Bonchev–Trinajstić information content (AvgIpc) is 2.54. The molecule has 0 radical (unpaired) electrons. The topological polar surface area (TPSA) is 51.0 Å². The van der Waals surface area contributed by atoms with E-state index in [2.05, 4.69) is 15.5 Å². The molecule has 2 rings (SSSR count). The molecule has 0 amide bonds. The van der Waals surface area contributed by atoms with Crippen molar-refractivity contribution in [2.75, 3.05) is 13.1 Å². The monoisotopic (exact) mass is 239 g/mol. The number of nitrogens with one attached hydrogen (secondary N) is 1. The number of aromatic nitrogens is 2. The van der Waals surface area contributed by atoms with E-state index >= 15 is 0 Å². The van der Waals surface area contributed by atoms with Crippen LogP contribution in [0.4, 0.5) is 0 Å². The van der Waals surface area contributed by atoms with Crippen molar-refractivity contribution < 1.29 is 4.52 Å². The number of aryl methyl sites for hydroxylation is 1. The minimum absolute atomic E-state index is 0. The fourth-order valence-electron chi connectivity index (χ4n) is 1.55. The lowest BCUT2D eigenvalue weighted by atomic mass is 9.99. The minimum atomic E-state index is 0. The van der Waals surface area contributed by atoms with Gasteiger partial charge in [0.15, 0.2) is 5.82 Å². The zero-order valence-corrected chi connectivity index (χ0v) is 9.66. The SMILES string of the molecule is Cc1nc(C2CCCNC2)no1.Cl.Cl. The van der Waals surface area contributed by atoms with Crippen molar-refractivity contribution in [3.05, 3.63) is 11.7 Å². The quantitative estimate of drug-likeness (QED) is 0.811. The Morgan fingerprint density at radius 3 is 2.71 bits per heavy atom. The molecule has 82 valence electrons. The van der Waals surface area contributed by atoms with Gasteiger partial charge in [0, 0.05) is 19.4 Å². The largest absolute Gasteiger partial charge is 0.340 e. The number of piperidine rings is 1. The molecule has 0 saturated carbocycles. The van der Waals surface area contributed by atoms with E-state index in [1.165, 1.54) is 12.8 Å². The van der Waals surface area contributed by atoms with Gasteiger partial charge in [0.05, 0.1) is 0 Å². The van der Waals surface area contributed by atoms with Crippen LogP contribution in [0, 0.1) is 6.92 Å². The van der Waals surface area contributed by atoms with Crippen molar-refractivity contribution >= 4 is 24.8 Å². The number of hydrogen-bond acceptors (Lipinski definition) is 4. The molecular formula is C8H15Cl2N3O. The van der Waals surface area contributed by atoms with E-state index in [4.69, 9.17) is 4.52 Å². The summed E-state index contributed by atoms with van der Waals surface area (Å²) in [5.41, 5.74) is 0. The highest BCUT2D eigenvalue weighted by atomic mass is 35.5. The van der Waals surface area contributed by atoms with Crippen LogP contribution in [0.3, 0.4) is 0 Å². The van der Waals surface area contributed by atoms with Crippen molar-refractivity contribution in [3.8, 4) is 0 Å². The third-order valence-corrected chi connectivity index (χ3v) is 2.21. The predicted molar refractivity (Wildman–Crippen MR) is 58.4 cm³/mol. The van der Waals surface area contributed by atoms with Crippen LogP contribution in [0.25, 0.3) is 0 Å². The van der Waals surface area contributed by atoms with E-state index in [0.717, 1.165) is 18.9 Å². The maximum absolute atomic E-state index is 4.93. The van der Waals surface area contributed by atoms with Crippen LogP contribution < -0.4 is 5.32 Å². The Labute approximate surface area is 95.7 Å². The molecule has 1 aromatic rings. The predicted octanol–water partition coefficient (Wildman–Crippen LogP) is 1.69. The lowest BCUT2D eigenvalue weighted by molar-refractivity contribution is 0.371. The molecule has 1 atom stereocenters. The highest BCUT2D eigenvalue weighted by Crippen LogP contribution is 2.19. The van der Waals surface area contributed by atoms with Crippen LogP contribution in [0.1, 0.15) is 30.5 Å². The third-order valence-electron chi connectivity index (χ3n) is 2.21. The molecule has 1 aliphatic heterocycles. The van der Waals surface area contributed by atoms with Crippen molar-refractivity contribution in [2.45, 2.75) is 25.7 Å². The lowest BCUT2D eigenvalue weighted by Crippen LogP contribution is -2.28. The average molecular weight is 240 g/mol. The fourth-order valence-corrected chi connectivity index (χ4v) is 1.55. The molecular weight excluding hydrogens is 225 g/mol. The van der Waals surface area contributed by atoms with Gasteiger partial charge in [-0.25, -0.2) is 0 Å². The van der Waals surface area contributed by atoms with Crippen LogP contribution in [-0.2, 0) is 0 Å². The fraction of sp³-hybridized carbons (Fsp3) is 0.750. The standard InChI is InChI=1S/C8H13N3O.2ClH/c1-6-10-8(11-12-6)7-3-2-4-9-5-7;;/h7,9H,2-5H2,1H3;2*1H. The molecule has 1 aliphatic rings. The Bertz CT molecular complexity index is 261. The first-order valence-corrected chi connectivity index (χ1v) is 4.37. The van der Waals surface area contributed by atoms with Gasteiger partial charge < -0.3 is 9.84 Å².